The highest BCUT2D eigenvalue weighted by Gasteiger charge is 2.51. The third-order valence-corrected chi connectivity index (χ3v) is 4.01. The van der Waals surface area contributed by atoms with E-state index in [0.29, 0.717) is 0 Å². The van der Waals surface area contributed by atoms with E-state index in [2.05, 4.69) is 6.07 Å². The summed E-state index contributed by atoms with van der Waals surface area (Å²) in [5, 5.41) is 9.63. The second-order valence-corrected chi connectivity index (χ2v) is 4.95. The van der Waals surface area contributed by atoms with E-state index in [1.54, 1.807) is 18.0 Å². The molecule has 1 aliphatic heterocycles. The minimum atomic E-state index is -1.01. The Hall–Kier alpha value is -2.41. The van der Waals surface area contributed by atoms with Gasteiger partial charge in [0, 0.05) is 24.7 Å². The minimum Gasteiger partial charge on any atom is -0.315 e. The summed E-state index contributed by atoms with van der Waals surface area (Å²) in [6.45, 7) is 0. The maximum Gasteiger partial charge on any atom is 0.232 e. The van der Waals surface area contributed by atoms with Gasteiger partial charge in [-0.15, -0.1) is 0 Å². The normalized spacial score (nSPS) is 28.6. The highest BCUT2D eigenvalue weighted by Crippen LogP contribution is 2.47. The van der Waals surface area contributed by atoms with E-state index in [1.807, 2.05) is 24.3 Å². The lowest BCUT2D eigenvalue weighted by Crippen LogP contribution is -2.51. The van der Waals surface area contributed by atoms with Crippen molar-refractivity contribution in [1.29, 1.82) is 5.26 Å². The monoisotopic (exact) mass is 252 g/mol. The summed E-state index contributed by atoms with van der Waals surface area (Å²) in [6.07, 6.45) is 3.11. The average Bonchev–Trinajstić information content (AvgIpc) is 2.45. The van der Waals surface area contributed by atoms with E-state index < -0.39 is 11.3 Å². The number of carbonyl (C=O) groups excluding carboxylic acids is 2. The molecule has 1 aromatic rings. The molecule has 4 nitrogen and oxygen atoms in total. The summed E-state index contributed by atoms with van der Waals surface area (Å²) in [4.78, 5) is 25.5. The zero-order valence-corrected chi connectivity index (χ0v) is 10.5. The summed E-state index contributed by atoms with van der Waals surface area (Å²) in [5.41, 5.74) is 0.534. The van der Waals surface area contributed by atoms with Crippen LogP contribution in [0.3, 0.4) is 0 Å². The van der Waals surface area contributed by atoms with Crippen LogP contribution in [0.2, 0.25) is 0 Å². The SMILES string of the molecule is CN1C(=O)[C@H]2CC(=O)C=C[C@@]2(C#N)c2ccccc21. The first kappa shape index (κ1) is 11.7. The molecule has 1 heterocycles. The minimum absolute atomic E-state index is 0.0988. The summed E-state index contributed by atoms with van der Waals surface area (Å²) in [7, 11) is 1.69. The fourth-order valence-corrected chi connectivity index (χ4v) is 2.97. The van der Waals surface area contributed by atoms with Crippen LogP contribution in [-0.2, 0) is 15.0 Å². The van der Waals surface area contributed by atoms with Gasteiger partial charge in [0.1, 0.15) is 5.41 Å². The molecule has 4 heteroatoms. The summed E-state index contributed by atoms with van der Waals surface area (Å²) >= 11 is 0. The molecule has 94 valence electrons. The number of carbonyl (C=O) groups is 2. The molecule has 0 radical (unpaired) electrons. The van der Waals surface area contributed by atoms with Crippen molar-refractivity contribution in [2.75, 3.05) is 11.9 Å². The third kappa shape index (κ3) is 1.39. The van der Waals surface area contributed by atoms with Crippen molar-refractivity contribution in [2.24, 2.45) is 5.92 Å². The summed E-state index contributed by atoms with van der Waals surface area (Å²) in [5.74, 6) is -0.884. The number of hydrogen-bond donors (Lipinski definition) is 0. The Morgan fingerprint density at radius 2 is 2.11 bits per heavy atom. The van der Waals surface area contributed by atoms with Gasteiger partial charge in [-0.25, -0.2) is 0 Å². The number of para-hydroxylation sites is 1. The molecule has 3 rings (SSSR count). The number of rotatable bonds is 0. The number of ketones is 1. The standard InChI is InChI=1S/C15H12N2O2/c1-17-13-5-3-2-4-11(13)15(9-16)7-6-10(18)8-12(15)14(17)19/h2-7,12H,8H2,1H3/t12-,15-/m1/s1. The molecular formula is C15H12N2O2. The second-order valence-electron chi connectivity index (χ2n) is 4.95. The first-order valence-corrected chi connectivity index (χ1v) is 6.10. The lowest BCUT2D eigenvalue weighted by atomic mass is 9.63. The van der Waals surface area contributed by atoms with Crippen LogP contribution in [0.5, 0.6) is 0 Å². The molecule has 2 atom stereocenters. The molecule has 0 spiro atoms. The highest BCUT2D eigenvalue weighted by atomic mass is 16.2. The molecule has 1 amide bonds. The number of allylic oxidation sites excluding steroid dienone is 2. The van der Waals surface area contributed by atoms with E-state index >= 15 is 0 Å². The molecule has 2 aliphatic rings. The van der Waals surface area contributed by atoms with E-state index in [4.69, 9.17) is 0 Å². The fourth-order valence-electron chi connectivity index (χ4n) is 2.97. The van der Waals surface area contributed by atoms with Gasteiger partial charge >= 0.3 is 0 Å². The predicted molar refractivity (Wildman–Crippen MR) is 69.4 cm³/mol. The smallest absolute Gasteiger partial charge is 0.232 e. The molecule has 19 heavy (non-hydrogen) atoms. The average molecular weight is 252 g/mol. The van der Waals surface area contributed by atoms with E-state index in [9.17, 15) is 14.9 Å². The highest BCUT2D eigenvalue weighted by molar-refractivity contribution is 6.05. The summed E-state index contributed by atoms with van der Waals surface area (Å²) in [6, 6.07) is 9.63. The molecule has 0 N–H and O–H groups in total. The van der Waals surface area contributed by atoms with Crippen LogP contribution in [0.15, 0.2) is 36.4 Å². The van der Waals surface area contributed by atoms with E-state index in [1.165, 1.54) is 6.08 Å². The van der Waals surface area contributed by atoms with Crippen molar-refractivity contribution < 1.29 is 9.59 Å². The Bertz CT molecular complexity index is 656. The van der Waals surface area contributed by atoms with Gasteiger partial charge < -0.3 is 4.90 Å². The first-order chi connectivity index (χ1) is 9.10. The Morgan fingerprint density at radius 1 is 1.37 bits per heavy atom. The molecule has 0 saturated carbocycles. The zero-order valence-electron chi connectivity index (χ0n) is 10.5. The van der Waals surface area contributed by atoms with Crippen LogP contribution in [0.25, 0.3) is 0 Å². The molecule has 0 bridgehead atoms. The first-order valence-electron chi connectivity index (χ1n) is 6.10. The van der Waals surface area contributed by atoms with Gasteiger partial charge in [0.05, 0.1) is 12.0 Å². The molecule has 1 aromatic carbocycles. The number of nitrogens with zero attached hydrogens (tertiary/aromatic N) is 2. The van der Waals surface area contributed by atoms with Gasteiger partial charge in [0.25, 0.3) is 0 Å². The van der Waals surface area contributed by atoms with Crippen molar-refractivity contribution in [1.82, 2.24) is 0 Å². The predicted octanol–water partition coefficient (Wildman–Crippen LogP) is 1.57. The molecular weight excluding hydrogens is 240 g/mol. The fraction of sp³-hybridized carbons (Fsp3) is 0.267. The Kier molecular flexibility index (Phi) is 2.33. The van der Waals surface area contributed by atoms with E-state index in [-0.39, 0.29) is 18.1 Å². The largest absolute Gasteiger partial charge is 0.315 e. The second kappa shape index (κ2) is 3.79. The van der Waals surface area contributed by atoms with Crippen LogP contribution in [0, 0.1) is 17.2 Å². The van der Waals surface area contributed by atoms with Gasteiger partial charge in [-0.05, 0) is 12.1 Å². The van der Waals surface area contributed by atoms with Crippen molar-refractivity contribution in [3.05, 3.63) is 42.0 Å². The Morgan fingerprint density at radius 3 is 2.84 bits per heavy atom. The number of benzene rings is 1. The number of anilines is 1. The molecule has 0 saturated heterocycles. The Balaban J connectivity index is 2.33. The van der Waals surface area contributed by atoms with Crippen LogP contribution >= 0.6 is 0 Å². The van der Waals surface area contributed by atoms with E-state index in [0.717, 1.165) is 11.3 Å². The number of nitriles is 1. The van der Waals surface area contributed by atoms with Gasteiger partial charge in [0.15, 0.2) is 5.78 Å². The van der Waals surface area contributed by atoms with Crippen LogP contribution in [-0.4, -0.2) is 18.7 Å². The maximum atomic E-state index is 12.4. The molecule has 0 aromatic heterocycles. The van der Waals surface area contributed by atoms with Crippen molar-refractivity contribution in [2.45, 2.75) is 11.8 Å². The van der Waals surface area contributed by atoms with Crippen molar-refractivity contribution in [3.8, 4) is 6.07 Å². The quantitative estimate of drug-likeness (QED) is 0.704. The Labute approximate surface area is 110 Å². The molecule has 0 unspecified atom stereocenters. The van der Waals surface area contributed by atoms with Crippen molar-refractivity contribution >= 4 is 17.4 Å². The lowest BCUT2D eigenvalue weighted by molar-refractivity contribution is -0.128. The van der Waals surface area contributed by atoms with Crippen LogP contribution < -0.4 is 4.90 Å². The van der Waals surface area contributed by atoms with Crippen LogP contribution in [0.4, 0.5) is 5.69 Å². The van der Waals surface area contributed by atoms with Gasteiger partial charge in [-0.3, -0.25) is 9.59 Å². The number of hydrogen-bond acceptors (Lipinski definition) is 3. The maximum absolute atomic E-state index is 12.4. The van der Waals surface area contributed by atoms with Gasteiger partial charge in [-0.1, -0.05) is 24.3 Å². The topological polar surface area (TPSA) is 61.2 Å². The van der Waals surface area contributed by atoms with Crippen molar-refractivity contribution in [3.63, 3.8) is 0 Å². The lowest BCUT2D eigenvalue weighted by Gasteiger charge is -2.42. The van der Waals surface area contributed by atoms with Gasteiger partial charge in [0.2, 0.25) is 5.91 Å². The molecule has 1 aliphatic carbocycles. The number of amides is 1. The third-order valence-electron chi connectivity index (χ3n) is 4.01. The van der Waals surface area contributed by atoms with Gasteiger partial charge in [-0.2, -0.15) is 5.26 Å². The number of fused-ring (bicyclic) bond motifs is 3. The molecule has 0 fully saturated rings. The summed E-state index contributed by atoms with van der Waals surface area (Å²) < 4.78 is 0. The zero-order chi connectivity index (χ0) is 13.6. The van der Waals surface area contributed by atoms with Crippen LogP contribution in [0.1, 0.15) is 12.0 Å².